The van der Waals surface area contributed by atoms with Gasteiger partial charge in [-0.15, -0.1) is 0 Å². The van der Waals surface area contributed by atoms with Crippen molar-refractivity contribution in [1.29, 1.82) is 0 Å². The maximum Gasteiger partial charge on any atom is 0.267 e. The molecule has 0 atom stereocenters. The molecule has 1 aromatic heterocycles. The molecule has 6 nitrogen and oxygen atoms in total. The number of nitrogens with one attached hydrogen (secondary N) is 1. The van der Waals surface area contributed by atoms with E-state index >= 15 is 0 Å². The smallest absolute Gasteiger partial charge is 0.247 e. The summed E-state index contributed by atoms with van der Waals surface area (Å²) in [6, 6.07) is 3.68. The summed E-state index contributed by atoms with van der Waals surface area (Å²) in [6.07, 6.45) is 1.19. The lowest BCUT2D eigenvalue weighted by atomic mass is 10.3. The molecule has 0 radical (unpaired) electrons. The van der Waals surface area contributed by atoms with Gasteiger partial charge < -0.3 is 0 Å². The quantitative estimate of drug-likeness (QED) is 0.923. The standard InChI is InChI=1S/C9H8BrFN4O2S/c1-15-9(12-5-13-15)14-18(16,17)8-3-2-6(10)4-7(8)11/h2-5H,1H3,(H,12,13,14). The summed E-state index contributed by atoms with van der Waals surface area (Å²) in [7, 11) is -2.51. The molecular weight excluding hydrogens is 327 g/mol. The van der Waals surface area contributed by atoms with Crippen LogP contribution in [0.5, 0.6) is 0 Å². The van der Waals surface area contributed by atoms with Gasteiger partial charge in [-0.2, -0.15) is 10.1 Å². The normalized spacial score (nSPS) is 11.5. The van der Waals surface area contributed by atoms with Crippen LogP contribution in [0.3, 0.4) is 0 Å². The van der Waals surface area contributed by atoms with Gasteiger partial charge >= 0.3 is 0 Å². The zero-order chi connectivity index (χ0) is 13.3. The molecule has 1 N–H and O–H groups in total. The van der Waals surface area contributed by atoms with Gasteiger partial charge in [0.25, 0.3) is 10.0 Å². The highest BCUT2D eigenvalue weighted by molar-refractivity contribution is 9.10. The highest BCUT2D eigenvalue weighted by Gasteiger charge is 2.21. The Morgan fingerprint density at radius 3 is 2.72 bits per heavy atom. The molecule has 0 saturated heterocycles. The van der Waals surface area contributed by atoms with Gasteiger partial charge in [0.1, 0.15) is 17.0 Å². The summed E-state index contributed by atoms with van der Waals surface area (Å²) in [5.74, 6) is -0.837. The van der Waals surface area contributed by atoms with E-state index in [9.17, 15) is 12.8 Å². The molecule has 0 saturated carbocycles. The van der Waals surface area contributed by atoms with Gasteiger partial charge in [0, 0.05) is 11.5 Å². The molecule has 9 heteroatoms. The van der Waals surface area contributed by atoms with Gasteiger partial charge in [0.05, 0.1) is 0 Å². The predicted octanol–water partition coefficient (Wildman–Crippen LogP) is 1.52. The Labute approximate surface area is 111 Å². The van der Waals surface area contributed by atoms with Crippen LogP contribution in [-0.2, 0) is 17.1 Å². The van der Waals surface area contributed by atoms with Crippen LogP contribution in [0.15, 0.2) is 33.9 Å². The molecule has 0 aliphatic heterocycles. The number of sulfonamides is 1. The highest BCUT2D eigenvalue weighted by atomic mass is 79.9. The number of nitrogens with zero attached hydrogens (tertiary/aromatic N) is 3. The molecule has 1 aromatic carbocycles. The predicted molar refractivity (Wildman–Crippen MR) is 65.9 cm³/mol. The first-order valence-electron chi connectivity index (χ1n) is 4.72. The number of anilines is 1. The summed E-state index contributed by atoms with van der Waals surface area (Å²) >= 11 is 3.05. The van der Waals surface area contributed by atoms with Crippen molar-refractivity contribution < 1.29 is 12.8 Å². The molecule has 0 bridgehead atoms. The van der Waals surface area contributed by atoms with E-state index in [0.717, 1.165) is 12.1 Å². The molecule has 0 fully saturated rings. The first kappa shape index (κ1) is 13.0. The van der Waals surface area contributed by atoms with E-state index in [1.807, 2.05) is 0 Å². The zero-order valence-corrected chi connectivity index (χ0v) is 11.5. The lowest BCUT2D eigenvalue weighted by Gasteiger charge is -2.07. The van der Waals surface area contributed by atoms with Crippen molar-refractivity contribution in [2.24, 2.45) is 7.05 Å². The van der Waals surface area contributed by atoms with E-state index in [1.54, 1.807) is 0 Å². The minimum absolute atomic E-state index is 0.0114. The molecule has 2 aromatic rings. The molecule has 0 amide bonds. The van der Waals surface area contributed by atoms with E-state index in [-0.39, 0.29) is 5.95 Å². The van der Waals surface area contributed by atoms with Crippen LogP contribution in [0.1, 0.15) is 0 Å². The topological polar surface area (TPSA) is 76.9 Å². The Bertz CT molecular complexity index is 686. The van der Waals surface area contributed by atoms with E-state index in [2.05, 4.69) is 30.7 Å². The maximum absolute atomic E-state index is 13.6. The number of hydrogen-bond donors (Lipinski definition) is 1. The van der Waals surface area contributed by atoms with E-state index < -0.39 is 20.7 Å². The van der Waals surface area contributed by atoms with Crippen LogP contribution in [0, 0.1) is 5.82 Å². The monoisotopic (exact) mass is 334 g/mol. The van der Waals surface area contributed by atoms with Crippen LogP contribution in [0.2, 0.25) is 0 Å². The maximum atomic E-state index is 13.6. The van der Waals surface area contributed by atoms with Crippen molar-refractivity contribution in [3.8, 4) is 0 Å². The molecular formula is C9H8BrFN4O2S. The van der Waals surface area contributed by atoms with Gasteiger partial charge in [-0.05, 0) is 18.2 Å². The summed E-state index contributed by atoms with van der Waals surface area (Å²) in [5.41, 5.74) is 0. The summed E-state index contributed by atoms with van der Waals surface area (Å²) in [5, 5.41) is 3.71. The van der Waals surface area contributed by atoms with Crippen molar-refractivity contribution in [3.63, 3.8) is 0 Å². The van der Waals surface area contributed by atoms with Gasteiger partial charge in [0.2, 0.25) is 5.95 Å². The number of aromatic nitrogens is 3. The summed E-state index contributed by atoms with van der Waals surface area (Å²) < 4.78 is 41.3. The molecule has 0 aliphatic rings. The van der Waals surface area contributed by atoms with Crippen molar-refractivity contribution in [1.82, 2.24) is 14.8 Å². The third kappa shape index (κ3) is 2.51. The van der Waals surface area contributed by atoms with Crippen molar-refractivity contribution in [2.45, 2.75) is 4.90 Å². The fourth-order valence-corrected chi connectivity index (χ4v) is 2.69. The molecule has 0 unspecified atom stereocenters. The minimum Gasteiger partial charge on any atom is -0.247 e. The zero-order valence-electron chi connectivity index (χ0n) is 9.13. The van der Waals surface area contributed by atoms with E-state index in [4.69, 9.17) is 0 Å². The average Bonchev–Trinajstić information content (AvgIpc) is 2.63. The molecule has 18 heavy (non-hydrogen) atoms. The van der Waals surface area contributed by atoms with Crippen LogP contribution in [-0.4, -0.2) is 23.2 Å². The van der Waals surface area contributed by atoms with Gasteiger partial charge in [0.15, 0.2) is 0 Å². The number of rotatable bonds is 3. The summed E-state index contributed by atoms with van der Waals surface area (Å²) in [6.45, 7) is 0. The highest BCUT2D eigenvalue weighted by Crippen LogP contribution is 2.21. The fraction of sp³-hybridized carbons (Fsp3) is 0.111. The molecule has 2 rings (SSSR count). The second kappa shape index (κ2) is 4.65. The molecule has 0 aliphatic carbocycles. The van der Waals surface area contributed by atoms with Crippen LogP contribution < -0.4 is 4.72 Å². The molecule has 0 spiro atoms. The Morgan fingerprint density at radius 1 is 1.44 bits per heavy atom. The number of halogens is 2. The van der Waals surface area contributed by atoms with Gasteiger partial charge in [-0.25, -0.2) is 22.2 Å². The summed E-state index contributed by atoms with van der Waals surface area (Å²) in [4.78, 5) is 3.25. The van der Waals surface area contributed by atoms with Crippen molar-refractivity contribution in [3.05, 3.63) is 34.8 Å². The van der Waals surface area contributed by atoms with Crippen LogP contribution in [0.4, 0.5) is 10.3 Å². The number of benzene rings is 1. The Morgan fingerprint density at radius 2 is 2.17 bits per heavy atom. The third-order valence-electron chi connectivity index (χ3n) is 2.12. The molecule has 1 heterocycles. The Balaban J connectivity index is 2.40. The van der Waals surface area contributed by atoms with Crippen LogP contribution >= 0.6 is 15.9 Å². The SMILES string of the molecule is Cn1ncnc1NS(=O)(=O)c1ccc(Br)cc1F. The first-order chi connectivity index (χ1) is 8.40. The lowest BCUT2D eigenvalue weighted by molar-refractivity contribution is 0.569. The second-order valence-corrected chi connectivity index (χ2v) is 5.95. The average molecular weight is 335 g/mol. The van der Waals surface area contributed by atoms with Crippen molar-refractivity contribution >= 4 is 31.9 Å². The van der Waals surface area contributed by atoms with Gasteiger partial charge in [-0.3, -0.25) is 0 Å². The first-order valence-corrected chi connectivity index (χ1v) is 6.99. The Hall–Kier alpha value is -1.48. The van der Waals surface area contributed by atoms with E-state index in [0.29, 0.717) is 4.47 Å². The number of hydrogen-bond acceptors (Lipinski definition) is 4. The third-order valence-corrected chi connectivity index (χ3v) is 3.98. The Kier molecular flexibility index (Phi) is 3.35. The van der Waals surface area contributed by atoms with E-state index in [1.165, 1.54) is 24.1 Å². The van der Waals surface area contributed by atoms with Crippen LogP contribution in [0.25, 0.3) is 0 Å². The van der Waals surface area contributed by atoms with Gasteiger partial charge in [-0.1, -0.05) is 15.9 Å². The molecule has 96 valence electrons. The van der Waals surface area contributed by atoms with Crippen molar-refractivity contribution in [2.75, 3.05) is 4.72 Å². The fourth-order valence-electron chi connectivity index (χ4n) is 1.26. The lowest BCUT2D eigenvalue weighted by Crippen LogP contribution is -2.17. The second-order valence-electron chi connectivity index (χ2n) is 3.39. The largest absolute Gasteiger partial charge is 0.267 e. The number of aryl methyl sites for hydroxylation is 1. The minimum atomic E-state index is -4.02.